The number of likely N-dealkylation sites (tertiary alicyclic amines) is 1. The van der Waals surface area contributed by atoms with Crippen LogP contribution in [-0.2, 0) is 6.54 Å². The van der Waals surface area contributed by atoms with Gasteiger partial charge in [0.1, 0.15) is 11.5 Å². The molecule has 1 aromatic heterocycles. The molecule has 2 aromatic rings. The number of amidine groups is 1. The molecule has 1 atom stereocenters. The number of aromatic nitrogens is 1. The van der Waals surface area contributed by atoms with Crippen LogP contribution in [0, 0.1) is 5.92 Å². The van der Waals surface area contributed by atoms with Crippen molar-refractivity contribution in [1.29, 1.82) is 0 Å². The molecule has 4 rings (SSSR count). The van der Waals surface area contributed by atoms with Crippen LogP contribution >= 0.6 is 0 Å². The summed E-state index contributed by atoms with van der Waals surface area (Å²) in [7, 11) is 0. The van der Waals surface area contributed by atoms with E-state index in [1.165, 1.54) is 0 Å². The maximum atomic E-state index is 5.83. The monoisotopic (exact) mass is 375 g/mol. The molecule has 0 amide bonds. The van der Waals surface area contributed by atoms with Crippen molar-refractivity contribution >= 4 is 16.7 Å². The molecule has 0 aliphatic carbocycles. The highest BCUT2D eigenvalue weighted by Gasteiger charge is 2.26. The van der Waals surface area contributed by atoms with Crippen LogP contribution in [-0.4, -0.2) is 40.4 Å². The Morgan fingerprint density at radius 2 is 2.29 bits per heavy atom. The van der Waals surface area contributed by atoms with Gasteiger partial charge in [-0.3, -0.25) is 4.98 Å². The van der Waals surface area contributed by atoms with Crippen molar-refractivity contribution < 1.29 is 0 Å². The summed E-state index contributed by atoms with van der Waals surface area (Å²) in [5.41, 5.74) is 8.51. The number of pyridine rings is 1. The number of aliphatic imine (C=N–C) groups is 1. The van der Waals surface area contributed by atoms with Gasteiger partial charge in [-0.15, -0.1) is 5.11 Å². The lowest BCUT2D eigenvalue weighted by molar-refractivity contribution is 0.393. The second kappa shape index (κ2) is 7.90. The molecule has 144 valence electrons. The van der Waals surface area contributed by atoms with Gasteiger partial charge in [0.25, 0.3) is 0 Å². The lowest BCUT2D eigenvalue weighted by atomic mass is 10.1. The predicted octanol–water partition coefficient (Wildman–Crippen LogP) is 3.47. The number of hydrogen-bond acceptors (Lipinski definition) is 6. The van der Waals surface area contributed by atoms with Crippen LogP contribution in [0.4, 0.5) is 0 Å². The third kappa shape index (κ3) is 3.66. The standard InChI is InChI=1S/C21H25N7/c1-3-20(27-10-8-17(12-22)13-27)24-21-15(2)25-26-28(21)14-16-6-7-19-18(11-16)5-4-9-23-19/h3-7,9,11,17H,2,8,10,12-14,22H2,1H3/b20-3+,24-21?/t17-/m1/s1. The zero-order chi connectivity index (χ0) is 19.5. The van der Waals surface area contributed by atoms with E-state index in [0.717, 1.165) is 41.8 Å². The Morgan fingerprint density at radius 1 is 1.39 bits per heavy atom. The third-order valence-electron chi connectivity index (χ3n) is 5.20. The van der Waals surface area contributed by atoms with Crippen molar-refractivity contribution in [3.8, 4) is 0 Å². The van der Waals surface area contributed by atoms with Crippen LogP contribution in [0.1, 0.15) is 18.9 Å². The van der Waals surface area contributed by atoms with Crippen LogP contribution in [0.3, 0.4) is 0 Å². The molecule has 1 aromatic carbocycles. The Labute approximate surface area is 164 Å². The van der Waals surface area contributed by atoms with Gasteiger partial charge < -0.3 is 10.6 Å². The predicted molar refractivity (Wildman–Crippen MR) is 111 cm³/mol. The van der Waals surface area contributed by atoms with Crippen molar-refractivity contribution in [2.24, 2.45) is 27.0 Å². The lowest BCUT2D eigenvalue weighted by Gasteiger charge is -2.21. The van der Waals surface area contributed by atoms with Gasteiger partial charge in [-0.05, 0) is 55.6 Å². The molecule has 28 heavy (non-hydrogen) atoms. The van der Waals surface area contributed by atoms with Gasteiger partial charge in [-0.2, -0.15) is 0 Å². The van der Waals surface area contributed by atoms with E-state index < -0.39 is 0 Å². The molecule has 0 radical (unpaired) electrons. The molecule has 2 aliphatic rings. The highest BCUT2D eigenvalue weighted by molar-refractivity contribution is 5.98. The summed E-state index contributed by atoms with van der Waals surface area (Å²) in [6, 6.07) is 10.2. The van der Waals surface area contributed by atoms with Gasteiger partial charge in [-0.1, -0.05) is 23.9 Å². The van der Waals surface area contributed by atoms with Crippen LogP contribution < -0.4 is 5.73 Å². The van der Waals surface area contributed by atoms with E-state index in [9.17, 15) is 0 Å². The molecule has 1 saturated heterocycles. The topological polar surface area (TPSA) is 82.5 Å². The summed E-state index contributed by atoms with van der Waals surface area (Å²) in [4.78, 5) is 11.5. The molecule has 0 bridgehead atoms. The molecule has 1 fully saturated rings. The van der Waals surface area contributed by atoms with E-state index in [2.05, 4.69) is 45.0 Å². The summed E-state index contributed by atoms with van der Waals surface area (Å²) < 4.78 is 0. The van der Waals surface area contributed by atoms with Crippen LogP contribution in [0.15, 0.2) is 76.0 Å². The highest BCUT2D eigenvalue weighted by Crippen LogP contribution is 2.25. The summed E-state index contributed by atoms with van der Waals surface area (Å²) >= 11 is 0. The van der Waals surface area contributed by atoms with E-state index in [4.69, 9.17) is 10.7 Å². The molecule has 7 nitrogen and oxygen atoms in total. The average Bonchev–Trinajstić information content (AvgIpc) is 3.33. The van der Waals surface area contributed by atoms with Gasteiger partial charge in [0, 0.05) is 24.7 Å². The molecule has 2 N–H and O–H groups in total. The second-order valence-electron chi connectivity index (χ2n) is 7.14. The summed E-state index contributed by atoms with van der Waals surface area (Å²) in [6.07, 6.45) is 4.93. The van der Waals surface area contributed by atoms with E-state index in [1.54, 1.807) is 11.2 Å². The zero-order valence-corrected chi connectivity index (χ0v) is 16.1. The molecular formula is C21H25N7. The number of rotatable bonds is 5. The average molecular weight is 375 g/mol. The first-order valence-electron chi connectivity index (χ1n) is 9.60. The second-order valence-corrected chi connectivity index (χ2v) is 7.14. The maximum absolute atomic E-state index is 5.83. The number of allylic oxidation sites excluding steroid dienone is 1. The molecule has 7 heteroatoms. The molecule has 3 heterocycles. The largest absolute Gasteiger partial charge is 0.356 e. The fourth-order valence-electron chi connectivity index (χ4n) is 3.63. The summed E-state index contributed by atoms with van der Waals surface area (Å²) in [5.74, 6) is 2.14. The SMILES string of the molecule is C=C1N=NN(Cc2ccc3ncccc3c2)C1=N/C(=C\C)N1CC[C@H](CN)C1. The van der Waals surface area contributed by atoms with Crippen molar-refractivity contribution in [3.05, 3.63) is 66.3 Å². The number of fused-ring (bicyclic) bond motifs is 1. The fraction of sp³-hybridized carbons (Fsp3) is 0.333. The first-order chi connectivity index (χ1) is 13.7. The Bertz CT molecular complexity index is 976. The van der Waals surface area contributed by atoms with Crippen LogP contribution in [0.5, 0.6) is 0 Å². The molecular weight excluding hydrogens is 350 g/mol. The van der Waals surface area contributed by atoms with Crippen molar-refractivity contribution in [1.82, 2.24) is 14.9 Å². The van der Waals surface area contributed by atoms with Crippen LogP contribution in [0.2, 0.25) is 0 Å². The Balaban J connectivity index is 1.55. The van der Waals surface area contributed by atoms with Gasteiger partial charge in [0.05, 0.1) is 12.1 Å². The number of benzene rings is 1. The first kappa shape index (κ1) is 18.3. The van der Waals surface area contributed by atoms with E-state index in [0.29, 0.717) is 30.5 Å². The molecule has 0 unspecified atom stereocenters. The minimum atomic E-state index is 0.526. The van der Waals surface area contributed by atoms with Gasteiger partial charge >= 0.3 is 0 Å². The highest BCUT2D eigenvalue weighted by atomic mass is 15.6. The minimum Gasteiger partial charge on any atom is -0.356 e. The lowest BCUT2D eigenvalue weighted by Crippen LogP contribution is -2.26. The van der Waals surface area contributed by atoms with Crippen molar-refractivity contribution in [2.45, 2.75) is 19.9 Å². The number of nitrogens with two attached hydrogens (primary N) is 1. The smallest absolute Gasteiger partial charge is 0.180 e. The Kier molecular flexibility index (Phi) is 5.16. The van der Waals surface area contributed by atoms with Gasteiger partial charge in [0.2, 0.25) is 0 Å². The number of nitrogens with zero attached hydrogens (tertiary/aromatic N) is 6. The molecule has 0 saturated carbocycles. The Morgan fingerprint density at radius 3 is 3.07 bits per heavy atom. The van der Waals surface area contributed by atoms with E-state index in [-0.39, 0.29) is 0 Å². The molecule has 2 aliphatic heterocycles. The van der Waals surface area contributed by atoms with Crippen molar-refractivity contribution in [3.63, 3.8) is 0 Å². The van der Waals surface area contributed by atoms with Crippen LogP contribution in [0.25, 0.3) is 10.9 Å². The Hall–Kier alpha value is -3.06. The first-order valence-corrected chi connectivity index (χ1v) is 9.60. The number of hydrogen-bond donors (Lipinski definition) is 1. The maximum Gasteiger partial charge on any atom is 0.180 e. The minimum absolute atomic E-state index is 0.526. The summed E-state index contributed by atoms with van der Waals surface area (Å²) in [6.45, 7) is 9.21. The van der Waals surface area contributed by atoms with Gasteiger partial charge in [0.15, 0.2) is 5.84 Å². The van der Waals surface area contributed by atoms with E-state index >= 15 is 0 Å². The third-order valence-corrected chi connectivity index (χ3v) is 5.20. The van der Waals surface area contributed by atoms with Crippen molar-refractivity contribution in [2.75, 3.05) is 19.6 Å². The quantitative estimate of drug-likeness (QED) is 0.867. The molecule has 0 spiro atoms. The van der Waals surface area contributed by atoms with E-state index in [1.807, 2.05) is 25.1 Å². The zero-order valence-electron chi connectivity index (χ0n) is 16.1. The van der Waals surface area contributed by atoms with Gasteiger partial charge in [-0.25, -0.2) is 10.0 Å². The normalized spacial score (nSPS) is 21.5. The fourth-order valence-corrected chi connectivity index (χ4v) is 3.63. The summed E-state index contributed by atoms with van der Waals surface area (Å²) in [5, 5.41) is 11.3.